The number of para-hydroxylation sites is 2. The maximum absolute atomic E-state index is 11.8. The first-order valence-corrected chi connectivity index (χ1v) is 5.96. The zero-order valence-electron chi connectivity index (χ0n) is 10.7. The van der Waals surface area contributed by atoms with E-state index < -0.39 is 0 Å². The quantitative estimate of drug-likeness (QED) is 0.766. The van der Waals surface area contributed by atoms with Crippen molar-refractivity contribution in [2.24, 2.45) is 0 Å². The van der Waals surface area contributed by atoms with Gasteiger partial charge in [0.05, 0.1) is 12.8 Å². The molecule has 0 aliphatic heterocycles. The highest BCUT2D eigenvalue weighted by molar-refractivity contribution is 5.39. The van der Waals surface area contributed by atoms with Gasteiger partial charge in [-0.15, -0.1) is 0 Å². The minimum Gasteiger partial charge on any atom is -0.493 e. The molecule has 0 fully saturated rings. The van der Waals surface area contributed by atoms with Crippen LogP contribution in [0.15, 0.2) is 41.5 Å². The predicted molar refractivity (Wildman–Crippen MR) is 70.9 cm³/mol. The van der Waals surface area contributed by atoms with Gasteiger partial charge in [0.2, 0.25) is 0 Å². The number of aromatic nitrogens is 4. The van der Waals surface area contributed by atoms with Gasteiger partial charge in [-0.3, -0.25) is 9.89 Å². The lowest BCUT2D eigenvalue weighted by molar-refractivity contribution is 0.280. The highest BCUT2D eigenvalue weighted by Crippen LogP contribution is 2.26. The number of fused-ring (bicyclic) bond motifs is 1. The Balaban J connectivity index is 1.85. The fraction of sp³-hybridized carbons (Fsp3) is 0.154. The van der Waals surface area contributed by atoms with Crippen LogP contribution in [0.1, 0.15) is 5.69 Å². The largest absolute Gasteiger partial charge is 0.493 e. The number of H-pyrrole nitrogens is 1. The Labute approximate surface area is 113 Å². The van der Waals surface area contributed by atoms with Crippen LogP contribution in [0.2, 0.25) is 0 Å². The molecule has 3 rings (SSSR count). The fourth-order valence-corrected chi connectivity index (χ4v) is 1.83. The molecular formula is C13H12N4O3. The molecule has 0 amide bonds. The summed E-state index contributed by atoms with van der Waals surface area (Å²) in [6.07, 6.45) is 1.41. The molecular weight excluding hydrogens is 260 g/mol. The summed E-state index contributed by atoms with van der Waals surface area (Å²) in [6, 6.07) is 8.69. The molecule has 0 spiro atoms. The molecule has 0 atom stereocenters. The summed E-state index contributed by atoms with van der Waals surface area (Å²) in [4.78, 5) is 19.9. The van der Waals surface area contributed by atoms with Gasteiger partial charge in [0, 0.05) is 6.07 Å². The molecule has 3 aromatic rings. The molecule has 7 nitrogen and oxygen atoms in total. The third-order valence-corrected chi connectivity index (χ3v) is 2.77. The average Bonchev–Trinajstić information content (AvgIpc) is 2.94. The molecule has 2 aromatic heterocycles. The van der Waals surface area contributed by atoms with Gasteiger partial charge < -0.3 is 9.47 Å². The Morgan fingerprint density at radius 2 is 2.10 bits per heavy atom. The van der Waals surface area contributed by atoms with Crippen molar-refractivity contribution >= 4 is 5.78 Å². The number of nitrogens with zero attached hydrogens (tertiary/aromatic N) is 3. The summed E-state index contributed by atoms with van der Waals surface area (Å²) in [5.41, 5.74) is 0.277. The first kappa shape index (κ1) is 12.2. The van der Waals surface area contributed by atoms with E-state index in [-0.39, 0.29) is 12.2 Å². The van der Waals surface area contributed by atoms with E-state index in [9.17, 15) is 4.79 Å². The Morgan fingerprint density at radius 3 is 2.90 bits per heavy atom. The molecule has 0 saturated heterocycles. The third-order valence-electron chi connectivity index (χ3n) is 2.77. The molecule has 2 heterocycles. The summed E-state index contributed by atoms with van der Waals surface area (Å²) >= 11 is 0. The second-order valence-electron chi connectivity index (χ2n) is 4.05. The molecule has 0 unspecified atom stereocenters. The minimum absolute atomic E-state index is 0.166. The molecule has 20 heavy (non-hydrogen) atoms. The van der Waals surface area contributed by atoms with E-state index in [4.69, 9.17) is 9.47 Å². The number of methoxy groups -OCH3 is 1. The number of ether oxygens (including phenoxy) is 2. The summed E-state index contributed by atoms with van der Waals surface area (Å²) in [5.74, 6) is 1.54. The van der Waals surface area contributed by atoms with Gasteiger partial charge in [-0.25, -0.2) is 9.97 Å². The lowest BCUT2D eigenvalue weighted by atomic mass is 10.3. The Morgan fingerprint density at radius 1 is 1.30 bits per heavy atom. The van der Waals surface area contributed by atoms with Crippen LogP contribution in [0.3, 0.4) is 0 Å². The minimum atomic E-state index is -0.230. The highest BCUT2D eigenvalue weighted by Gasteiger charge is 2.07. The van der Waals surface area contributed by atoms with Crippen LogP contribution in [-0.4, -0.2) is 26.7 Å². The average molecular weight is 272 g/mol. The number of hydrogen-bond donors (Lipinski definition) is 1. The molecule has 1 aromatic carbocycles. The molecule has 0 bridgehead atoms. The van der Waals surface area contributed by atoms with E-state index in [1.165, 1.54) is 16.9 Å². The summed E-state index contributed by atoms with van der Waals surface area (Å²) < 4.78 is 12.1. The van der Waals surface area contributed by atoms with Crippen molar-refractivity contribution < 1.29 is 9.47 Å². The van der Waals surface area contributed by atoms with Gasteiger partial charge in [0.15, 0.2) is 11.5 Å². The third kappa shape index (κ3) is 2.20. The van der Waals surface area contributed by atoms with Crippen molar-refractivity contribution in [3.63, 3.8) is 0 Å². The van der Waals surface area contributed by atoms with Crippen LogP contribution in [0.25, 0.3) is 5.78 Å². The van der Waals surface area contributed by atoms with Crippen LogP contribution < -0.4 is 15.0 Å². The van der Waals surface area contributed by atoms with Crippen molar-refractivity contribution in [3.05, 3.63) is 52.7 Å². The second kappa shape index (κ2) is 5.04. The van der Waals surface area contributed by atoms with Crippen molar-refractivity contribution in [1.29, 1.82) is 0 Å². The number of rotatable bonds is 4. The maximum Gasteiger partial charge on any atom is 0.274 e. The molecule has 102 valence electrons. The predicted octanol–water partition coefficient (Wildman–Crippen LogP) is 1.01. The van der Waals surface area contributed by atoms with E-state index in [1.54, 1.807) is 19.2 Å². The van der Waals surface area contributed by atoms with Crippen LogP contribution in [0.4, 0.5) is 0 Å². The maximum atomic E-state index is 11.8. The lowest BCUT2D eigenvalue weighted by Crippen LogP contribution is -2.16. The van der Waals surface area contributed by atoms with Gasteiger partial charge in [-0.1, -0.05) is 12.1 Å². The topological polar surface area (TPSA) is 81.5 Å². The molecule has 1 N–H and O–H groups in total. The fourth-order valence-electron chi connectivity index (χ4n) is 1.83. The number of aromatic amines is 1. The van der Waals surface area contributed by atoms with Gasteiger partial charge in [0.1, 0.15) is 12.9 Å². The summed E-state index contributed by atoms with van der Waals surface area (Å²) in [6.45, 7) is 0.166. The molecule has 0 saturated carbocycles. The van der Waals surface area contributed by atoms with Crippen molar-refractivity contribution in [2.75, 3.05) is 7.11 Å². The van der Waals surface area contributed by atoms with Crippen LogP contribution >= 0.6 is 0 Å². The Kier molecular flexibility index (Phi) is 3.08. The van der Waals surface area contributed by atoms with E-state index in [2.05, 4.69) is 15.1 Å². The van der Waals surface area contributed by atoms with Gasteiger partial charge in [-0.2, -0.15) is 4.52 Å². The first-order chi connectivity index (χ1) is 9.78. The van der Waals surface area contributed by atoms with E-state index in [0.29, 0.717) is 23.0 Å². The molecule has 0 aliphatic rings. The smallest absolute Gasteiger partial charge is 0.274 e. The van der Waals surface area contributed by atoms with Crippen LogP contribution in [0, 0.1) is 0 Å². The van der Waals surface area contributed by atoms with Crippen LogP contribution in [-0.2, 0) is 6.61 Å². The van der Waals surface area contributed by atoms with E-state index >= 15 is 0 Å². The first-order valence-electron chi connectivity index (χ1n) is 5.96. The number of hydrogen-bond acceptors (Lipinski definition) is 5. The van der Waals surface area contributed by atoms with Crippen LogP contribution in [0.5, 0.6) is 11.5 Å². The van der Waals surface area contributed by atoms with Crippen molar-refractivity contribution in [1.82, 2.24) is 19.6 Å². The number of benzene rings is 1. The monoisotopic (exact) mass is 272 g/mol. The summed E-state index contributed by atoms with van der Waals surface area (Å²) in [5, 5.41) is 2.68. The molecule has 0 radical (unpaired) electrons. The number of nitrogens with one attached hydrogen (secondary N) is 1. The van der Waals surface area contributed by atoms with E-state index in [0.717, 1.165) is 0 Å². The highest BCUT2D eigenvalue weighted by atomic mass is 16.5. The van der Waals surface area contributed by atoms with Gasteiger partial charge >= 0.3 is 0 Å². The second-order valence-corrected chi connectivity index (χ2v) is 4.05. The van der Waals surface area contributed by atoms with Gasteiger partial charge in [-0.05, 0) is 12.1 Å². The van der Waals surface area contributed by atoms with E-state index in [1.807, 2.05) is 12.1 Å². The standard InChI is InChI=1S/C13H12N4O3/c1-19-10-4-2-3-5-11(10)20-7-9-6-12(18)17-13(16-9)14-8-15-17/h2-6,8H,7H2,1H3,(H,14,15,16). The molecule has 0 aliphatic carbocycles. The SMILES string of the molecule is COc1ccccc1OCc1cc(=O)n2[nH]cnc2n1. The normalized spacial score (nSPS) is 10.7. The Bertz CT molecular complexity index is 793. The van der Waals surface area contributed by atoms with Crippen molar-refractivity contribution in [2.45, 2.75) is 6.61 Å². The Hall–Kier alpha value is -2.83. The zero-order valence-corrected chi connectivity index (χ0v) is 10.7. The van der Waals surface area contributed by atoms with Gasteiger partial charge in [0.25, 0.3) is 11.3 Å². The summed E-state index contributed by atoms with van der Waals surface area (Å²) in [7, 11) is 1.57. The molecule has 7 heteroatoms. The van der Waals surface area contributed by atoms with Crippen molar-refractivity contribution in [3.8, 4) is 11.5 Å². The lowest BCUT2D eigenvalue weighted by Gasteiger charge is -2.09. The zero-order chi connectivity index (χ0) is 13.9.